The van der Waals surface area contributed by atoms with Crippen LogP contribution in [0.25, 0.3) is 0 Å². The van der Waals surface area contributed by atoms with Gasteiger partial charge in [-0.25, -0.2) is 0 Å². The van der Waals surface area contributed by atoms with Crippen molar-refractivity contribution in [3.05, 3.63) is 35.9 Å². The third-order valence-corrected chi connectivity index (χ3v) is 4.82. The number of nitrogens with two attached hydrogens (primary N) is 1. The molecule has 1 saturated carbocycles. The Morgan fingerprint density at radius 2 is 1.90 bits per heavy atom. The molecule has 1 fully saturated rings. The lowest BCUT2D eigenvalue weighted by atomic mass is 9.77. The molecule has 3 unspecified atom stereocenters. The molecule has 0 aliphatic heterocycles. The average Bonchev–Trinajstić information content (AvgIpc) is 2.45. The predicted octanol–water partition coefficient (Wildman–Crippen LogP) is 3.66. The van der Waals surface area contributed by atoms with Crippen LogP contribution in [0, 0.1) is 11.8 Å². The van der Waals surface area contributed by atoms with Gasteiger partial charge in [-0.1, -0.05) is 43.7 Å². The monoisotopic (exact) mass is 274 g/mol. The zero-order valence-corrected chi connectivity index (χ0v) is 13.3. The van der Waals surface area contributed by atoms with Crippen LogP contribution in [0.4, 0.5) is 0 Å². The average molecular weight is 274 g/mol. The highest BCUT2D eigenvalue weighted by Gasteiger charge is 2.33. The molecule has 0 bridgehead atoms. The largest absolute Gasteiger partial charge is 0.330 e. The van der Waals surface area contributed by atoms with E-state index in [1.165, 1.54) is 24.8 Å². The van der Waals surface area contributed by atoms with Gasteiger partial charge in [0.2, 0.25) is 0 Å². The lowest BCUT2D eigenvalue weighted by Gasteiger charge is -2.44. The first-order valence-corrected chi connectivity index (χ1v) is 8.11. The molecule has 1 aliphatic rings. The molecular weight excluding hydrogens is 244 g/mol. The molecule has 0 spiro atoms. The van der Waals surface area contributed by atoms with Crippen molar-refractivity contribution < 1.29 is 0 Å². The lowest BCUT2D eigenvalue weighted by Crippen LogP contribution is -2.49. The fourth-order valence-electron chi connectivity index (χ4n) is 3.57. The molecule has 2 rings (SSSR count). The molecule has 1 aromatic rings. The smallest absolute Gasteiger partial charge is 0.0239 e. The fourth-order valence-corrected chi connectivity index (χ4v) is 3.57. The van der Waals surface area contributed by atoms with E-state index in [4.69, 9.17) is 5.73 Å². The summed E-state index contributed by atoms with van der Waals surface area (Å²) in [5.74, 6) is 1.50. The van der Waals surface area contributed by atoms with E-state index in [2.05, 4.69) is 56.0 Å². The Kier molecular flexibility index (Phi) is 5.62. The van der Waals surface area contributed by atoms with Crippen molar-refractivity contribution in [1.29, 1.82) is 0 Å². The van der Waals surface area contributed by atoms with Crippen LogP contribution in [-0.4, -0.2) is 23.5 Å². The van der Waals surface area contributed by atoms with E-state index < -0.39 is 0 Å². The van der Waals surface area contributed by atoms with Gasteiger partial charge in [0.05, 0.1) is 0 Å². The Bertz CT molecular complexity index is 388. The quantitative estimate of drug-likeness (QED) is 0.888. The van der Waals surface area contributed by atoms with E-state index in [1.807, 2.05) is 0 Å². The summed E-state index contributed by atoms with van der Waals surface area (Å²) in [4.78, 5) is 2.67. The second-order valence-corrected chi connectivity index (χ2v) is 6.73. The Morgan fingerprint density at radius 3 is 2.50 bits per heavy atom. The molecule has 1 aromatic carbocycles. The maximum atomic E-state index is 6.04. The summed E-state index contributed by atoms with van der Waals surface area (Å²) in [6.07, 6.45) is 3.93. The third kappa shape index (κ3) is 3.83. The van der Waals surface area contributed by atoms with Gasteiger partial charge in [-0.15, -0.1) is 0 Å². The summed E-state index contributed by atoms with van der Waals surface area (Å²) in [6, 6.07) is 12.0. The number of hydrogen-bond acceptors (Lipinski definition) is 2. The van der Waals surface area contributed by atoms with Crippen molar-refractivity contribution in [3.8, 4) is 0 Å². The Balaban J connectivity index is 2.14. The van der Waals surface area contributed by atoms with Gasteiger partial charge in [0.25, 0.3) is 0 Å². The van der Waals surface area contributed by atoms with Crippen molar-refractivity contribution in [2.45, 2.75) is 58.7 Å². The summed E-state index contributed by atoms with van der Waals surface area (Å²) >= 11 is 0. The maximum absolute atomic E-state index is 6.04. The van der Waals surface area contributed by atoms with Gasteiger partial charge in [-0.2, -0.15) is 0 Å². The number of benzene rings is 1. The Hall–Kier alpha value is -0.860. The first-order valence-electron chi connectivity index (χ1n) is 8.11. The normalized spacial score (nSPS) is 27.2. The van der Waals surface area contributed by atoms with Crippen LogP contribution in [0.15, 0.2) is 30.3 Å². The molecule has 0 saturated heterocycles. The van der Waals surface area contributed by atoms with Gasteiger partial charge in [-0.05, 0) is 50.6 Å². The van der Waals surface area contributed by atoms with Crippen LogP contribution in [0.5, 0.6) is 0 Å². The third-order valence-electron chi connectivity index (χ3n) is 4.82. The van der Waals surface area contributed by atoms with Gasteiger partial charge in [-0.3, -0.25) is 4.90 Å². The SMILES string of the molecule is CC1CCC(CN)C(N(Cc2ccccc2)C(C)C)C1. The van der Waals surface area contributed by atoms with Crippen molar-refractivity contribution in [1.82, 2.24) is 4.90 Å². The summed E-state index contributed by atoms with van der Waals surface area (Å²) in [5, 5.41) is 0. The summed E-state index contributed by atoms with van der Waals surface area (Å²) < 4.78 is 0. The Labute approximate surface area is 124 Å². The Morgan fingerprint density at radius 1 is 1.20 bits per heavy atom. The van der Waals surface area contributed by atoms with Gasteiger partial charge in [0, 0.05) is 18.6 Å². The van der Waals surface area contributed by atoms with Gasteiger partial charge in [0.1, 0.15) is 0 Å². The molecule has 20 heavy (non-hydrogen) atoms. The van der Waals surface area contributed by atoms with E-state index in [9.17, 15) is 0 Å². The summed E-state index contributed by atoms with van der Waals surface area (Å²) in [7, 11) is 0. The van der Waals surface area contributed by atoms with Crippen molar-refractivity contribution in [2.75, 3.05) is 6.54 Å². The van der Waals surface area contributed by atoms with Gasteiger partial charge >= 0.3 is 0 Å². The predicted molar refractivity (Wildman–Crippen MR) is 86.5 cm³/mol. The second-order valence-electron chi connectivity index (χ2n) is 6.73. The molecule has 0 radical (unpaired) electrons. The van der Waals surface area contributed by atoms with Crippen LogP contribution in [0.1, 0.15) is 45.6 Å². The molecule has 1 aliphatic carbocycles. The van der Waals surface area contributed by atoms with E-state index in [-0.39, 0.29) is 0 Å². The molecule has 112 valence electrons. The number of hydrogen-bond donors (Lipinski definition) is 1. The van der Waals surface area contributed by atoms with Crippen LogP contribution >= 0.6 is 0 Å². The molecular formula is C18H30N2. The van der Waals surface area contributed by atoms with E-state index in [0.717, 1.165) is 19.0 Å². The highest BCUT2D eigenvalue weighted by Crippen LogP contribution is 2.33. The molecule has 2 N–H and O–H groups in total. The van der Waals surface area contributed by atoms with Crippen LogP contribution < -0.4 is 5.73 Å². The topological polar surface area (TPSA) is 29.3 Å². The zero-order chi connectivity index (χ0) is 14.5. The van der Waals surface area contributed by atoms with Crippen LogP contribution in [0.3, 0.4) is 0 Å². The number of nitrogens with zero attached hydrogens (tertiary/aromatic N) is 1. The first kappa shape index (κ1) is 15.5. The van der Waals surface area contributed by atoms with Crippen LogP contribution in [0.2, 0.25) is 0 Å². The highest BCUT2D eigenvalue weighted by atomic mass is 15.2. The fraction of sp³-hybridized carbons (Fsp3) is 0.667. The van der Waals surface area contributed by atoms with Crippen LogP contribution in [-0.2, 0) is 6.54 Å². The van der Waals surface area contributed by atoms with Crippen molar-refractivity contribution in [2.24, 2.45) is 17.6 Å². The van der Waals surface area contributed by atoms with E-state index >= 15 is 0 Å². The van der Waals surface area contributed by atoms with E-state index in [1.54, 1.807) is 0 Å². The minimum atomic E-state index is 0.569. The minimum Gasteiger partial charge on any atom is -0.330 e. The molecule has 3 atom stereocenters. The summed E-state index contributed by atoms with van der Waals surface area (Å²) in [6.45, 7) is 8.90. The maximum Gasteiger partial charge on any atom is 0.0239 e. The van der Waals surface area contributed by atoms with Crippen molar-refractivity contribution >= 4 is 0 Å². The highest BCUT2D eigenvalue weighted by molar-refractivity contribution is 5.15. The standard InChI is InChI=1S/C18H30N2/c1-14(2)20(13-16-7-5-4-6-8-16)18-11-15(3)9-10-17(18)12-19/h4-8,14-15,17-18H,9-13,19H2,1-3H3. The second kappa shape index (κ2) is 7.24. The lowest BCUT2D eigenvalue weighted by molar-refractivity contribution is 0.0543. The van der Waals surface area contributed by atoms with E-state index in [0.29, 0.717) is 18.0 Å². The van der Waals surface area contributed by atoms with Gasteiger partial charge in [0.15, 0.2) is 0 Å². The molecule has 0 amide bonds. The van der Waals surface area contributed by atoms with Gasteiger partial charge < -0.3 is 5.73 Å². The van der Waals surface area contributed by atoms with Crippen molar-refractivity contribution in [3.63, 3.8) is 0 Å². The first-order chi connectivity index (χ1) is 9.61. The number of rotatable bonds is 5. The molecule has 2 nitrogen and oxygen atoms in total. The minimum absolute atomic E-state index is 0.569. The molecule has 2 heteroatoms. The summed E-state index contributed by atoms with van der Waals surface area (Å²) in [5.41, 5.74) is 7.46. The zero-order valence-electron chi connectivity index (χ0n) is 13.3. The molecule has 0 aromatic heterocycles. The molecule has 0 heterocycles.